The summed E-state index contributed by atoms with van der Waals surface area (Å²) in [6.45, 7) is 2.58. The van der Waals surface area contributed by atoms with E-state index in [1.165, 1.54) is 12.1 Å². The van der Waals surface area contributed by atoms with Crippen LogP contribution in [0.15, 0.2) is 24.3 Å². The minimum atomic E-state index is -1.14. The number of unbranched alkanes of at least 4 members (excludes halogenated alkanes) is 1. The van der Waals surface area contributed by atoms with Crippen LogP contribution >= 0.6 is 0 Å². The molecule has 6 heteroatoms. The third kappa shape index (κ3) is 5.64. The van der Waals surface area contributed by atoms with Gasteiger partial charge in [-0.15, -0.1) is 0 Å². The molecule has 0 radical (unpaired) electrons. The summed E-state index contributed by atoms with van der Waals surface area (Å²) in [5, 5.41) is 14.3. The van der Waals surface area contributed by atoms with E-state index >= 15 is 0 Å². The Kier molecular flexibility index (Phi) is 6.94. The maximum atomic E-state index is 11.9. The van der Waals surface area contributed by atoms with Crippen molar-refractivity contribution in [2.24, 2.45) is 0 Å². The summed E-state index contributed by atoms with van der Waals surface area (Å²) in [6.07, 6.45) is 2.27. The Balaban J connectivity index is 2.41. The first-order chi connectivity index (χ1) is 10.1. The monoisotopic (exact) mass is 292 g/mol. The summed E-state index contributed by atoms with van der Waals surface area (Å²) < 4.78 is 0. The van der Waals surface area contributed by atoms with Crippen molar-refractivity contribution < 1.29 is 19.5 Å². The normalized spacial score (nSPS) is 9.95. The van der Waals surface area contributed by atoms with Gasteiger partial charge in [0.05, 0.1) is 11.1 Å². The van der Waals surface area contributed by atoms with Gasteiger partial charge in [-0.3, -0.25) is 9.59 Å². The molecule has 114 valence electrons. The Hall–Kier alpha value is -2.37. The molecule has 0 unspecified atom stereocenters. The molecule has 0 aliphatic carbocycles. The van der Waals surface area contributed by atoms with Crippen LogP contribution in [0.25, 0.3) is 0 Å². The lowest BCUT2D eigenvalue weighted by Gasteiger charge is -2.08. The molecule has 3 N–H and O–H groups in total. The van der Waals surface area contributed by atoms with Crippen LogP contribution in [0.5, 0.6) is 0 Å². The maximum absolute atomic E-state index is 11.9. The highest BCUT2D eigenvalue weighted by Crippen LogP contribution is 2.08. The Labute approximate surface area is 123 Å². The number of hydrogen-bond acceptors (Lipinski definition) is 3. The van der Waals surface area contributed by atoms with E-state index in [0.29, 0.717) is 13.0 Å². The van der Waals surface area contributed by atoms with Gasteiger partial charge in [-0.2, -0.15) is 0 Å². The average molecular weight is 292 g/mol. The van der Waals surface area contributed by atoms with E-state index in [-0.39, 0.29) is 23.6 Å². The molecule has 0 saturated heterocycles. The maximum Gasteiger partial charge on any atom is 0.336 e. The van der Waals surface area contributed by atoms with Crippen molar-refractivity contribution in [3.05, 3.63) is 35.4 Å². The molecule has 1 aromatic carbocycles. The van der Waals surface area contributed by atoms with Crippen LogP contribution in [-0.2, 0) is 4.79 Å². The lowest BCUT2D eigenvalue weighted by atomic mass is 10.1. The number of nitrogens with one attached hydrogen (secondary N) is 2. The smallest absolute Gasteiger partial charge is 0.336 e. The Bertz CT molecular complexity index is 514. The van der Waals surface area contributed by atoms with E-state index in [1.54, 1.807) is 12.1 Å². The molecule has 0 saturated carbocycles. The van der Waals surface area contributed by atoms with Crippen LogP contribution in [0.4, 0.5) is 0 Å². The van der Waals surface area contributed by atoms with Crippen LogP contribution in [0.3, 0.4) is 0 Å². The summed E-state index contributed by atoms with van der Waals surface area (Å²) >= 11 is 0. The zero-order chi connectivity index (χ0) is 15.7. The second-order valence-corrected chi connectivity index (χ2v) is 4.56. The highest BCUT2D eigenvalue weighted by Gasteiger charge is 2.15. The first-order valence-electron chi connectivity index (χ1n) is 6.93. The van der Waals surface area contributed by atoms with Crippen LogP contribution < -0.4 is 10.6 Å². The van der Waals surface area contributed by atoms with Gasteiger partial charge >= 0.3 is 5.97 Å². The van der Waals surface area contributed by atoms with Crippen molar-refractivity contribution in [2.75, 3.05) is 13.1 Å². The largest absolute Gasteiger partial charge is 0.478 e. The molecule has 0 fully saturated rings. The topological polar surface area (TPSA) is 95.5 Å². The molecular weight excluding hydrogens is 272 g/mol. The third-order valence-electron chi connectivity index (χ3n) is 2.89. The van der Waals surface area contributed by atoms with E-state index < -0.39 is 11.9 Å². The molecular formula is C15H20N2O4. The van der Waals surface area contributed by atoms with Crippen LogP contribution in [0.1, 0.15) is 46.9 Å². The second-order valence-electron chi connectivity index (χ2n) is 4.56. The zero-order valence-corrected chi connectivity index (χ0v) is 12.0. The highest BCUT2D eigenvalue weighted by molar-refractivity contribution is 6.04. The minimum Gasteiger partial charge on any atom is -0.478 e. The second kappa shape index (κ2) is 8.73. The van der Waals surface area contributed by atoms with Crippen LogP contribution in [0.2, 0.25) is 0 Å². The summed E-state index contributed by atoms with van der Waals surface area (Å²) in [5.41, 5.74) is 0.0734. The molecule has 2 amide bonds. The molecule has 0 aromatic heterocycles. The van der Waals surface area contributed by atoms with Crippen molar-refractivity contribution in [3.8, 4) is 0 Å². The van der Waals surface area contributed by atoms with Crippen molar-refractivity contribution in [2.45, 2.75) is 26.2 Å². The average Bonchev–Trinajstić information content (AvgIpc) is 2.49. The number of carbonyl (C=O) groups is 3. The fraction of sp³-hybridized carbons (Fsp3) is 0.400. The summed E-state index contributed by atoms with van der Waals surface area (Å²) in [7, 11) is 0. The summed E-state index contributed by atoms with van der Waals surface area (Å²) in [4.78, 5) is 34.3. The lowest BCUT2D eigenvalue weighted by Crippen LogP contribution is -2.35. The number of carboxylic acid groups (broad SMARTS) is 1. The van der Waals surface area contributed by atoms with Gasteiger partial charge in [0.15, 0.2) is 0 Å². The van der Waals surface area contributed by atoms with Crippen molar-refractivity contribution in [3.63, 3.8) is 0 Å². The molecule has 0 bridgehead atoms. The summed E-state index contributed by atoms with van der Waals surface area (Å²) in [5.74, 6) is -1.65. The third-order valence-corrected chi connectivity index (χ3v) is 2.89. The Morgan fingerprint density at radius 1 is 1.05 bits per heavy atom. The first-order valence-corrected chi connectivity index (χ1v) is 6.93. The standard InChI is InChI=1S/C15H20N2O4/c1-2-3-8-13(18)16-9-10-17-14(19)11-6-4-5-7-12(11)15(20)21/h4-7H,2-3,8-10H2,1H3,(H,16,18)(H,17,19)(H,20,21). The van der Waals surface area contributed by atoms with Gasteiger partial charge in [0.25, 0.3) is 5.91 Å². The van der Waals surface area contributed by atoms with Gasteiger partial charge < -0.3 is 15.7 Å². The number of carboxylic acids is 1. The molecule has 0 aliphatic heterocycles. The fourth-order valence-electron chi connectivity index (χ4n) is 1.77. The number of rotatable bonds is 8. The molecule has 0 spiro atoms. The number of carbonyl (C=O) groups excluding carboxylic acids is 2. The van der Waals surface area contributed by atoms with Crippen LogP contribution in [0, 0.1) is 0 Å². The zero-order valence-electron chi connectivity index (χ0n) is 12.0. The van der Waals surface area contributed by atoms with E-state index in [2.05, 4.69) is 10.6 Å². The number of aromatic carboxylic acids is 1. The molecule has 1 aromatic rings. The fourth-order valence-corrected chi connectivity index (χ4v) is 1.77. The Morgan fingerprint density at radius 2 is 1.67 bits per heavy atom. The van der Waals surface area contributed by atoms with Gasteiger partial charge in [-0.1, -0.05) is 25.5 Å². The van der Waals surface area contributed by atoms with Gasteiger partial charge in [-0.05, 0) is 18.6 Å². The number of amides is 2. The van der Waals surface area contributed by atoms with Gasteiger partial charge in [0.2, 0.25) is 5.91 Å². The predicted octanol–water partition coefficient (Wildman–Crippen LogP) is 1.42. The van der Waals surface area contributed by atoms with Crippen LogP contribution in [-0.4, -0.2) is 36.0 Å². The molecule has 0 atom stereocenters. The quantitative estimate of drug-likeness (QED) is 0.631. The number of hydrogen-bond donors (Lipinski definition) is 3. The molecule has 1 rings (SSSR count). The summed E-state index contributed by atoms with van der Waals surface area (Å²) in [6, 6.07) is 6.00. The van der Waals surface area contributed by atoms with E-state index in [9.17, 15) is 14.4 Å². The highest BCUT2D eigenvalue weighted by atomic mass is 16.4. The Morgan fingerprint density at radius 3 is 2.29 bits per heavy atom. The van der Waals surface area contributed by atoms with Crippen molar-refractivity contribution in [1.29, 1.82) is 0 Å². The minimum absolute atomic E-state index is 0.0398. The lowest BCUT2D eigenvalue weighted by molar-refractivity contribution is -0.121. The van der Waals surface area contributed by atoms with Crippen molar-refractivity contribution >= 4 is 17.8 Å². The van der Waals surface area contributed by atoms with Gasteiger partial charge in [0, 0.05) is 19.5 Å². The van der Waals surface area contributed by atoms with Gasteiger partial charge in [-0.25, -0.2) is 4.79 Å². The van der Waals surface area contributed by atoms with E-state index in [4.69, 9.17) is 5.11 Å². The van der Waals surface area contributed by atoms with Crippen molar-refractivity contribution in [1.82, 2.24) is 10.6 Å². The van der Waals surface area contributed by atoms with E-state index in [1.807, 2.05) is 6.92 Å². The number of benzene rings is 1. The SMILES string of the molecule is CCCCC(=O)NCCNC(=O)c1ccccc1C(=O)O. The molecule has 6 nitrogen and oxygen atoms in total. The molecule has 0 heterocycles. The first kappa shape index (κ1) is 16.7. The molecule has 21 heavy (non-hydrogen) atoms. The predicted molar refractivity (Wildman–Crippen MR) is 78.3 cm³/mol. The van der Waals surface area contributed by atoms with Gasteiger partial charge in [0.1, 0.15) is 0 Å². The van der Waals surface area contributed by atoms with E-state index in [0.717, 1.165) is 12.8 Å². The molecule has 0 aliphatic rings.